The van der Waals surface area contributed by atoms with E-state index in [2.05, 4.69) is 121 Å². The summed E-state index contributed by atoms with van der Waals surface area (Å²) >= 11 is 0. The van der Waals surface area contributed by atoms with Gasteiger partial charge in [0.05, 0.1) is 11.4 Å². The van der Waals surface area contributed by atoms with Crippen LogP contribution in [0.1, 0.15) is 0 Å². The van der Waals surface area contributed by atoms with Crippen molar-refractivity contribution in [3.8, 4) is 79.2 Å². The molecule has 0 atom stereocenters. The SMILES string of the molecule is c1ccc(-c2cc(-c3cccc(-c4cccc(-c5nc(-c6ccccc6)nc(-c6ccccc6)n5)c4)c3)nc(-c3ccc4c(c3)oc3ccc5ccccc5c34)n2)cc1. The first-order valence-electron chi connectivity index (χ1n) is 19.6. The fraction of sp³-hybridized carbons (Fsp3) is 0. The molecule has 0 amide bonds. The molecule has 6 heteroatoms. The van der Waals surface area contributed by atoms with Gasteiger partial charge in [0.2, 0.25) is 0 Å². The molecule has 0 saturated heterocycles. The fourth-order valence-corrected chi connectivity index (χ4v) is 7.80. The Bertz CT molecular complexity index is 3270. The Kier molecular flexibility index (Phi) is 8.37. The number of benzene rings is 8. The van der Waals surface area contributed by atoms with Crippen molar-refractivity contribution in [1.29, 1.82) is 0 Å². The minimum absolute atomic E-state index is 0.610. The smallest absolute Gasteiger partial charge is 0.164 e. The molecule has 11 rings (SSSR count). The lowest BCUT2D eigenvalue weighted by Crippen LogP contribution is -2.00. The lowest BCUT2D eigenvalue weighted by molar-refractivity contribution is 0.669. The van der Waals surface area contributed by atoms with Crippen LogP contribution in [-0.4, -0.2) is 24.9 Å². The van der Waals surface area contributed by atoms with E-state index in [1.54, 1.807) is 0 Å². The minimum Gasteiger partial charge on any atom is -0.456 e. The predicted octanol–water partition coefficient (Wildman–Crippen LogP) is 13.4. The van der Waals surface area contributed by atoms with Crippen molar-refractivity contribution < 1.29 is 4.42 Å². The van der Waals surface area contributed by atoms with Gasteiger partial charge < -0.3 is 4.42 Å². The van der Waals surface area contributed by atoms with E-state index >= 15 is 0 Å². The summed E-state index contributed by atoms with van der Waals surface area (Å²) in [5, 5.41) is 4.55. The number of rotatable bonds is 7. The maximum atomic E-state index is 6.45. The van der Waals surface area contributed by atoms with E-state index in [0.717, 1.165) is 77.8 Å². The first-order valence-corrected chi connectivity index (χ1v) is 19.6. The second-order valence-electron chi connectivity index (χ2n) is 14.5. The molecular formula is C53H33N5O. The highest BCUT2D eigenvalue weighted by atomic mass is 16.3. The van der Waals surface area contributed by atoms with E-state index < -0.39 is 0 Å². The predicted molar refractivity (Wildman–Crippen MR) is 238 cm³/mol. The van der Waals surface area contributed by atoms with Crippen LogP contribution in [0.5, 0.6) is 0 Å². The molecule has 0 bridgehead atoms. The number of hydrogen-bond acceptors (Lipinski definition) is 6. The lowest BCUT2D eigenvalue weighted by atomic mass is 9.99. The average molecular weight is 756 g/mol. The normalized spacial score (nSPS) is 11.4. The number of nitrogens with zero attached hydrogens (tertiary/aromatic N) is 5. The molecule has 0 unspecified atom stereocenters. The summed E-state index contributed by atoms with van der Waals surface area (Å²) in [4.78, 5) is 25.2. The molecule has 0 aliphatic rings. The van der Waals surface area contributed by atoms with Crippen LogP contribution in [0, 0.1) is 0 Å². The largest absolute Gasteiger partial charge is 0.456 e. The van der Waals surface area contributed by atoms with Gasteiger partial charge in [-0.05, 0) is 58.3 Å². The van der Waals surface area contributed by atoms with Crippen molar-refractivity contribution in [3.63, 3.8) is 0 Å². The summed E-state index contributed by atoms with van der Waals surface area (Å²) in [5.74, 6) is 2.49. The Morgan fingerprint density at radius 1 is 0.271 bits per heavy atom. The Hall–Kier alpha value is -8.09. The minimum atomic E-state index is 0.610. The number of hydrogen-bond donors (Lipinski definition) is 0. The summed E-state index contributed by atoms with van der Waals surface area (Å²) in [5.41, 5.74) is 11.0. The monoisotopic (exact) mass is 755 g/mol. The Balaban J connectivity index is 1.00. The highest BCUT2D eigenvalue weighted by Crippen LogP contribution is 2.37. The standard InChI is InChI=1S/C53H33N5O/c1-4-15-35(16-5-1)45-33-46(55-52(54-45)42-26-28-44-48(32-42)59-47-29-27-34-14-10-11-25-43(34)49(44)47)40-23-12-21-38(30-40)39-22-13-24-41(31-39)53-57-50(36-17-6-2-7-18-36)56-51(58-53)37-19-8-3-9-20-37/h1-33H. The molecular weight excluding hydrogens is 723 g/mol. The van der Waals surface area contributed by atoms with Crippen LogP contribution in [0.15, 0.2) is 205 Å². The van der Waals surface area contributed by atoms with Crippen molar-refractivity contribution in [3.05, 3.63) is 200 Å². The van der Waals surface area contributed by atoms with E-state index in [-0.39, 0.29) is 0 Å². The molecule has 0 N–H and O–H groups in total. The van der Waals surface area contributed by atoms with Crippen LogP contribution in [-0.2, 0) is 0 Å². The van der Waals surface area contributed by atoms with E-state index in [1.165, 1.54) is 10.8 Å². The second kappa shape index (κ2) is 14.4. The van der Waals surface area contributed by atoms with Gasteiger partial charge in [-0.1, -0.05) is 164 Å². The molecule has 0 fully saturated rings. The van der Waals surface area contributed by atoms with Crippen LogP contribution in [0.3, 0.4) is 0 Å². The molecule has 0 radical (unpaired) electrons. The topological polar surface area (TPSA) is 77.6 Å². The zero-order valence-electron chi connectivity index (χ0n) is 31.7. The van der Waals surface area contributed by atoms with Crippen molar-refractivity contribution in [2.24, 2.45) is 0 Å². The molecule has 276 valence electrons. The molecule has 59 heavy (non-hydrogen) atoms. The Labute approximate surface area is 340 Å². The van der Waals surface area contributed by atoms with Crippen LogP contribution in [0.2, 0.25) is 0 Å². The first-order chi connectivity index (χ1) is 29.2. The number of fused-ring (bicyclic) bond motifs is 5. The average Bonchev–Trinajstić information content (AvgIpc) is 3.71. The Morgan fingerprint density at radius 2 is 0.763 bits per heavy atom. The summed E-state index contributed by atoms with van der Waals surface area (Å²) in [6.07, 6.45) is 0. The van der Waals surface area contributed by atoms with Crippen LogP contribution in [0.25, 0.3) is 112 Å². The third-order valence-electron chi connectivity index (χ3n) is 10.7. The van der Waals surface area contributed by atoms with Gasteiger partial charge in [-0.25, -0.2) is 24.9 Å². The second-order valence-corrected chi connectivity index (χ2v) is 14.5. The van der Waals surface area contributed by atoms with Crippen molar-refractivity contribution >= 4 is 32.7 Å². The number of furan rings is 1. The van der Waals surface area contributed by atoms with Gasteiger partial charge in [0.1, 0.15) is 11.2 Å². The van der Waals surface area contributed by atoms with Gasteiger partial charge >= 0.3 is 0 Å². The molecule has 6 nitrogen and oxygen atoms in total. The third-order valence-corrected chi connectivity index (χ3v) is 10.7. The summed E-state index contributed by atoms with van der Waals surface area (Å²) < 4.78 is 6.45. The maximum Gasteiger partial charge on any atom is 0.164 e. The van der Waals surface area contributed by atoms with E-state index in [4.69, 9.17) is 29.3 Å². The third kappa shape index (κ3) is 6.49. The lowest BCUT2D eigenvalue weighted by Gasteiger charge is -2.12. The summed E-state index contributed by atoms with van der Waals surface area (Å²) in [6.45, 7) is 0. The quantitative estimate of drug-likeness (QED) is 0.161. The molecule has 0 aliphatic carbocycles. The molecule has 0 aliphatic heterocycles. The highest BCUT2D eigenvalue weighted by molar-refractivity contribution is 6.19. The van der Waals surface area contributed by atoms with Crippen LogP contribution >= 0.6 is 0 Å². The van der Waals surface area contributed by atoms with Gasteiger partial charge in [-0.15, -0.1) is 0 Å². The van der Waals surface area contributed by atoms with Gasteiger partial charge in [0.15, 0.2) is 23.3 Å². The Morgan fingerprint density at radius 3 is 1.44 bits per heavy atom. The zero-order valence-corrected chi connectivity index (χ0v) is 31.7. The van der Waals surface area contributed by atoms with Gasteiger partial charge in [-0.3, -0.25) is 0 Å². The van der Waals surface area contributed by atoms with Crippen LogP contribution < -0.4 is 0 Å². The molecule has 0 spiro atoms. The maximum absolute atomic E-state index is 6.45. The van der Waals surface area contributed by atoms with E-state index in [1.807, 2.05) is 78.9 Å². The molecule has 3 aromatic heterocycles. The fourth-order valence-electron chi connectivity index (χ4n) is 7.80. The van der Waals surface area contributed by atoms with Crippen molar-refractivity contribution in [1.82, 2.24) is 24.9 Å². The molecule has 0 saturated carbocycles. The van der Waals surface area contributed by atoms with Crippen molar-refractivity contribution in [2.45, 2.75) is 0 Å². The van der Waals surface area contributed by atoms with Crippen LogP contribution in [0.4, 0.5) is 0 Å². The van der Waals surface area contributed by atoms with E-state index in [9.17, 15) is 0 Å². The molecule has 3 heterocycles. The molecule has 11 aromatic rings. The zero-order chi connectivity index (χ0) is 39.1. The van der Waals surface area contributed by atoms with Gasteiger partial charge in [-0.2, -0.15) is 0 Å². The van der Waals surface area contributed by atoms with Gasteiger partial charge in [0.25, 0.3) is 0 Å². The van der Waals surface area contributed by atoms with E-state index in [0.29, 0.717) is 23.3 Å². The number of aromatic nitrogens is 5. The highest BCUT2D eigenvalue weighted by Gasteiger charge is 2.17. The van der Waals surface area contributed by atoms with Gasteiger partial charge in [0, 0.05) is 44.2 Å². The summed E-state index contributed by atoms with van der Waals surface area (Å²) in [7, 11) is 0. The van der Waals surface area contributed by atoms with Crippen molar-refractivity contribution in [2.75, 3.05) is 0 Å². The summed E-state index contributed by atoms with van der Waals surface area (Å²) in [6, 6.07) is 68.2. The molecule has 8 aromatic carbocycles. The first kappa shape index (κ1) is 34.2.